The average molecular weight is 368 g/mol. The summed E-state index contributed by atoms with van der Waals surface area (Å²) in [4.78, 5) is 31.1. The lowest BCUT2D eigenvalue weighted by molar-refractivity contribution is -0.149. The molecule has 140 valence electrons. The molecule has 1 saturated heterocycles. The van der Waals surface area contributed by atoms with E-state index in [0.717, 1.165) is 0 Å². The Hall–Kier alpha value is -3.03. The standard InChI is InChI=1S/C20H20N2O5/c1-26-15(27-2)12-22-17(14-10-6-7-11-21-14)16(19(24)20(22)25)18(23)13-8-4-3-5-9-13/h3-11,15,17,23H,12H2,1-2H3/t17-/m0/s1. The van der Waals surface area contributed by atoms with Gasteiger partial charge >= 0.3 is 0 Å². The fourth-order valence-corrected chi connectivity index (χ4v) is 3.07. The summed E-state index contributed by atoms with van der Waals surface area (Å²) in [6, 6.07) is 13.0. The zero-order valence-electron chi connectivity index (χ0n) is 15.0. The van der Waals surface area contributed by atoms with E-state index >= 15 is 0 Å². The lowest BCUT2D eigenvalue weighted by atomic mass is 9.98. The van der Waals surface area contributed by atoms with Crippen LogP contribution in [0.15, 0.2) is 60.3 Å². The molecule has 1 N–H and O–H groups in total. The number of ketones is 1. The van der Waals surface area contributed by atoms with E-state index in [1.54, 1.807) is 54.7 Å². The third-order valence-corrected chi connectivity index (χ3v) is 4.43. The van der Waals surface area contributed by atoms with E-state index in [4.69, 9.17) is 9.47 Å². The molecule has 0 radical (unpaired) electrons. The molecule has 1 fully saturated rings. The van der Waals surface area contributed by atoms with Gasteiger partial charge in [-0.05, 0) is 12.1 Å². The Morgan fingerprint density at radius 2 is 1.78 bits per heavy atom. The molecule has 1 aliphatic heterocycles. The maximum absolute atomic E-state index is 12.8. The third kappa shape index (κ3) is 3.60. The molecule has 2 aromatic rings. The Morgan fingerprint density at radius 1 is 1.11 bits per heavy atom. The SMILES string of the molecule is COC(CN1C(=O)C(=O)C(=C(O)c2ccccc2)[C@@H]1c1ccccn1)OC. The number of rotatable bonds is 6. The quantitative estimate of drug-likeness (QED) is 0.364. The summed E-state index contributed by atoms with van der Waals surface area (Å²) in [5.74, 6) is -1.74. The van der Waals surface area contributed by atoms with Gasteiger partial charge in [-0.1, -0.05) is 36.4 Å². The molecule has 27 heavy (non-hydrogen) atoms. The zero-order valence-corrected chi connectivity index (χ0v) is 15.0. The molecule has 0 saturated carbocycles. The smallest absolute Gasteiger partial charge is 0.295 e. The molecule has 7 heteroatoms. The topological polar surface area (TPSA) is 89.0 Å². The van der Waals surface area contributed by atoms with Crippen molar-refractivity contribution in [2.24, 2.45) is 0 Å². The van der Waals surface area contributed by atoms with Crippen LogP contribution in [0.3, 0.4) is 0 Å². The fraction of sp³-hybridized carbons (Fsp3) is 0.250. The summed E-state index contributed by atoms with van der Waals surface area (Å²) in [6.07, 6.45) is 0.855. The van der Waals surface area contributed by atoms with Crippen molar-refractivity contribution in [2.75, 3.05) is 20.8 Å². The van der Waals surface area contributed by atoms with Crippen LogP contribution in [-0.4, -0.2) is 53.7 Å². The number of pyridine rings is 1. The number of benzene rings is 1. The van der Waals surface area contributed by atoms with Gasteiger partial charge in [-0.2, -0.15) is 0 Å². The Kier molecular flexibility index (Phi) is 5.63. The number of nitrogens with zero attached hydrogens (tertiary/aromatic N) is 2. The normalized spacial score (nSPS) is 19.1. The molecule has 2 heterocycles. The van der Waals surface area contributed by atoms with Crippen LogP contribution in [0.5, 0.6) is 0 Å². The minimum Gasteiger partial charge on any atom is -0.507 e. The molecule has 1 aromatic carbocycles. The number of ether oxygens (including phenoxy) is 2. The molecule has 1 atom stereocenters. The molecule has 0 bridgehead atoms. The first-order valence-corrected chi connectivity index (χ1v) is 8.38. The summed E-state index contributed by atoms with van der Waals surface area (Å²) >= 11 is 0. The number of methoxy groups -OCH3 is 2. The number of Topliss-reactive ketones (excluding diaryl/α,β-unsaturated/α-hetero) is 1. The van der Waals surface area contributed by atoms with E-state index < -0.39 is 24.0 Å². The van der Waals surface area contributed by atoms with Crippen molar-refractivity contribution >= 4 is 17.4 Å². The van der Waals surface area contributed by atoms with E-state index in [2.05, 4.69) is 4.98 Å². The van der Waals surface area contributed by atoms with Crippen LogP contribution in [0.4, 0.5) is 0 Å². The van der Waals surface area contributed by atoms with Crippen molar-refractivity contribution in [3.05, 3.63) is 71.6 Å². The van der Waals surface area contributed by atoms with E-state index in [9.17, 15) is 14.7 Å². The van der Waals surface area contributed by atoms with Gasteiger partial charge in [0.2, 0.25) is 0 Å². The van der Waals surface area contributed by atoms with Crippen molar-refractivity contribution in [3.63, 3.8) is 0 Å². The van der Waals surface area contributed by atoms with Crippen molar-refractivity contribution < 1.29 is 24.2 Å². The third-order valence-electron chi connectivity index (χ3n) is 4.43. The first kappa shape index (κ1) is 18.8. The predicted molar refractivity (Wildman–Crippen MR) is 97.5 cm³/mol. The molecule has 7 nitrogen and oxygen atoms in total. The van der Waals surface area contributed by atoms with Gasteiger partial charge in [-0.15, -0.1) is 0 Å². The second-order valence-electron chi connectivity index (χ2n) is 5.97. The predicted octanol–water partition coefficient (Wildman–Crippen LogP) is 2.12. The number of aliphatic hydroxyl groups is 1. The molecule has 0 unspecified atom stereocenters. The number of likely N-dealkylation sites (tertiary alicyclic amines) is 1. The van der Waals surface area contributed by atoms with Crippen LogP contribution >= 0.6 is 0 Å². The van der Waals surface area contributed by atoms with Crippen LogP contribution in [-0.2, 0) is 19.1 Å². The summed E-state index contributed by atoms with van der Waals surface area (Å²) < 4.78 is 10.4. The fourth-order valence-electron chi connectivity index (χ4n) is 3.07. The Bertz CT molecular complexity index is 847. The Morgan fingerprint density at radius 3 is 2.37 bits per heavy atom. The number of hydrogen-bond donors (Lipinski definition) is 1. The Balaban J connectivity index is 2.14. The lowest BCUT2D eigenvalue weighted by Crippen LogP contribution is -2.38. The Labute approximate surface area is 156 Å². The van der Waals surface area contributed by atoms with E-state index in [1.807, 2.05) is 0 Å². The van der Waals surface area contributed by atoms with Gasteiger partial charge in [0, 0.05) is 26.0 Å². The maximum Gasteiger partial charge on any atom is 0.295 e. The molecule has 1 aliphatic rings. The molecule has 0 aliphatic carbocycles. The van der Waals surface area contributed by atoms with Crippen molar-refractivity contribution in [3.8, 4) is 0 Å². The average Bonchev–Trinajstić information content (AvgIpc) is 2.97. The number of aliphatic hydroxyl groups excluding tert-OH is 1. The second-order valence-corrected chi connectivity index (χ2v) is 5.97. The van der Waals surface area contributed by atoms with Crippen molar-refractivity contribution in [1.82, 2.24) is 9.88 Å². The second kappa shape index (κ2) is 8.11. The minimum atomic E-state index is -0.834. The van der Waals surface area contributed by atoms with Crippen LogP contribution in [0.1, 0.15) is 17.3 Å². The highest BCUT2D eigenvalue weighted by molar-refractivity contribution is 6.46. The van der Waals surface area contributed by atoms with Crippen LogP contribution in [0.2, 0.25) is 0 Å². The largest absolute Gasteiger partial charge is 0.507 e. The van der Waals surface area contributed by atoms with Gasteiger partial charge in [0.05, 0.1) is 17.8 Å². The highest BCUT2D eigenvalue weighted by Crippen LogP contribution is 2.38. The molecule has 0 spiro atoms. The molecular formula is C20H20N2O5. The summed E-state index contributed by atoms with van der Waals surface area (Å²) in [6.45, 7) is 0.0182. The summed E-state index contributed by atoms with van der Waals surface area (Å²) in [5.41, 5.74) is 0.919. The van der Waals surface area contributed by atoms with E-state index in [1.165, 1.54) is 19.1 Å². The number of amides is 1. The van der Waals surface area contributed by atoms with Crippen LogP contribution in [0, 0.1) is 0 Å². The summed E-state index contributed by atoms with van der Waals surface area (Å²) in [7, 11) is 2.90. The van der Waals surface area contributed by atoms with Gasteiger partial charge < -0.3 is 19.5 Å². The summed E-state index contributed by atoms with van der Waals surface area (Å²) in [5, 5.41) is 10.8. The molecule has 3 rings (SSSR count). The van der Waals surface area contributed by atoms with Crippen LogP contribution in [0.25, 0.3) is 5.76 Å². The number of aromatic nitrogens is 1. The first-order valence-electron chi connectivity index (χ1n) is 8.38. The van der Waals surface area contributed by atoms with E-state index in [0.29, 0.717) is 11.3 Å². The molecular weight excluding hydrogens is 348 g/mol. The van der Waals surface area contributed by atoms with Crippen LogP contribution < -0.4 is 0 Å². The highest BCUT2D eigenvalue weighted by atomic mass is 16.7. The zero-order chi connectivity index (χ0) is 19.4. The number of carbonyl (C=O) groups excluding carboxylic acids is 2. The van der Waals surface area contributed by atoms with E-state index in [-0.39, 0.29) is 17.9 Å². The van der Waals surface area contributed by atoms with Gasteiger partial charge in [0.15, 0.2) is 6.29 Å². The number of hydrogen-bond acceptors (Lipinski definition) is 6. The molecule has 1 amide bonds. The van der Waals surface area contributed by atoms with Crippen molar-refractivity contribution in [1.29, 1.82) is 0 Å². The number of carbonyl (C=O) groups is 2. The monoisotopic (exact) mass is 368 g/mol. The highest BCUT2D eigenvalue weighted by Gasteiger charge is 2.47. The maximum atomic E-state index is 12.8. The lowest BCUT2D eigenvalue weighted by Gasteiger charge is -2.27. The minimum absolute atomic E-state index is 0.00384. The molecule has 1 aromatic heterocycles. The van der Waals surface area contributed by atoms with Gasteiger partial charge in [0.1, 0.15) is 11.8 Å². The van der Waals surface area contributed by atoms with Gasteiger partial charge in [0.25, 0.3) is 11.7 Å². The van der Waals surface area contributed by atoms with Gasteiger partial charge in [-0.25, -0.2) is 0 Å². The van der Waals surface area contributed by atoms with Gasteiger partial charge in [-0.3, -0.25) is 14.6 Å². The van der Waals surface area contributed by atoms with Crippen molar-refractivity contribution in [2.45, 2.75) is 12.3 Å². The first-order chi connectivity index (χ1) is 13.1.